The first-order valence-electron chi connectivity index (χ1n) is 3.12. The van der Waals surface area contributed by atoms with Crippen LogP contribution in [-0.2, 0) is 4.79 Å². The van der Waals surface area contributed by atoms with Crippen molar-refractivity contribution >= 4 is 5.91 Å². The molecule has 0 N–H and O–H groups in total. The summed E-state index contributed by atoms with van der Waals surface area (Å²) in [4.78, 5) is 11.0. The zero-order valence-electron chi connectivity index (χ0n) is 6.51. The summed E-state index contributed by atoms with van der Waals surface area (Å²) < 4.78 is 47.2. The van der Waals surface area contributed by atoms with Gasteiger partial charge in [0.05, 0.1) is 0 Å². The molecule has 0 radical (unpaired) electrons. The minimum atomic E-state index is -5.19. The normalized spacial score (nSPS) is 13.2. The van der Waals surface area contributed by atoms with Crippen molar-refractivity contribution in [3.63, 3.8) is 0 Å². The second kappa shape index (κ2) is 4.06. The standard InChI is InChI=1S/C7H7F4NO/c1-3-12(4-2)6(13)5(8)7(9,10)11/h3-5H,1-2H2. The molecule has 1 unspecified atom stereocenters. The molecule has 0 saturated carbocycles. The van der Waals surface area contributed by atoms with E-state index in [9.17, 15) is 22.4 Å². The summed E-state index contributed by atoms with van der Waals surface area (Å²) >= 11 is 0. The number of rotatable bonds is 3. The molecule has 0 rings (SSSR count). The van der Waals surface area contributed by atoms with Gasteiger partial charge in [0.2, 0.25) is 0 Å². The van der Waals surface area contributed by atoms with E-state index >= 15 is 0 Å². The topological polar surface area (TPSA) is 20.3 Å². The molecule has 13 heavy (non-hydrogen) atoms. The van der Waals surface area contributed by atoms with Crippen molar-refractivity contribution in [1.29, 1.82) is 0 Å². The predicted molar refractivity (Wildman–Crippen MR) is 38.2 cm³/mol. The molecule has 2 nitrogen and oxygen atoms in total. The van der Waals surface area contributed by atoms with Crippen molar-refractivity contribution in [2.75, 3.05) is 0 Å². The van der Waals surface area contributed by atoms with Crippen molar-refractivity contribution in [3.05, 3.63) is 25.6 Å². The van der Waals surface area contributed by atoms with Gasteiger partial charge in [0.25, 0.3) is 12.1 Å². The maximum atomic E-state index is 12.3. The van der Waals surface area contributed by atoms with E-state index in [-0.39, 0.29) is 0 Å². The first kappa shape index (κ1) is 11.7. The highest BCUT2D eigenvalue weighted by Crippen LogP contribution is 2.24. The molecule has 0 aromatic heterocycles. The van der Waals surface area contributed by atoms with Crippen molar-refractivity contribution in [3.8, 4) is 0 Å². The zero-order chi connectivity index (χ0) is 10.6. The molecule has 0 fully saturated rings. The van der Waals surface area contributed by atoms with Crippen molar-refractivity contribution in [2.45, 2.75) is 12.3 Å². The third kappa shape index (κ3) is 2.89. The van der Waals surface area contributed by atoms with E-state index in [2.05, 4.69) is 13.2 Å². The van der Waals surface area contributed by atoms with Gasteiger partial charge in [0.1, 0.15) is 0 Å². The fourth-order valence-corrected chi connectivity index (χ4v) is 0.525. The number of nitrogens with zero attached hydrogens (tertiary/aromatic N) is 1. The summed E-state index contributed by atoms with van der Waals surface area (Å²) in [5.74, 6) is -1.75. The Kier molecular flexibility index (Phi) is 3.65. The fraction of sp³-hybridized carbons (Fsp3) is 0.286. The summed E-state index contributed by atoms with van der Waals surface area (Å²) in [5.41, 5.74) is 0. The third-order valence-corrected chi connectivity index (χ3v) is 1.15. The first-order valence-corrected chi connectivity index (χ1v) is 3.12. The van der Waals surface area contributed by atoms with Crippen molar-refractivity contribution in [2.24, 2.45) is 0 Å². The van der Waals surface area contributed by atoms with E-state index in [1.165, 1.54) is 0 Å². The number of alkyl halides is 4. The van der Waals surface area contributed by atoms with Crippen molar-refractivity contribution < 1.29 is 22.4 Å². The minimum absolute atomic E-state index is 0.332. The summed E-state index contributed by atoms with van der Waals surface area (Å²) in [7, 11) is 0. The van der Waals surface area contributed by atoms with Gasteiger partial charge in [0.15, 0.2) is 0 Å². The smallest absolute Gasteiger partial charge is 0.293 e. The van der Waals surface area contributed by atoms with E-state index in [4.69, 9.17) is 0 Å². The molecule has 0 aliphatic rings. The fourth-order valence-electron chi connectivity index (χ4n) is 0.525. The molecule has 0 bridgehead atoms. The number of carbonyl (C=O) groups is 1. The van der Waals surface area contributed by atoms with Crippen LogP contribution in [0.25, 0.3) is 0 Å². The van der Waals surface area contributed by atoms with Gasteiger partial charge in [-0.15, -0.1) is 0 Å². The number of hydrogen-bond donors (Lipinski definition) is 0. The van der Waals surface area contributed by atoms with Crippen LogP contribution in [-0.4, -0.2) is 23.2 Å². The molecular weight excluding hydrogens is 190 g/mol. The van der Waals surface area contributed by atoms with Crippen LogP contribution in [0.2, 0.25) is 0 Å². The number of halogens is 4. The van der Waals surface area contributed by atoms with Gasteiger partial charge >= 0.3 is 6.18 Å². The number of amides is 1. The summed E-state index contributed by atoms with van der Waals surface area (Å²) in [6.45, 7) is 6.03. The van der Waals surface area contributed by atoms with Gasteiger partial charge in [-0.25, -0.2) is 4.39 Å². The Balaban J connectivity index is 4.59. The van der Waals surface area contributed by atoms with Gasteiger partial charge in [-0.1, -0.05) is 13.2 Å². The average molecular weight is 197 g/mol. The minimum Gasteiger partial charge on any atom is -0.293 e. The second-order valence-electron chi connectivity index (χ2n) is 2.01. The molecular formula is C7H7F4NO. The Hall–Kier alpha value is -1.33. The molecule has 1 amide bonds. The van der Waals surface area contributed by atoms with Crippen LogP contribution >= 0.6 is 0 Å². The molecule has 0 saturated heterocycles. The SMILES string of the molecule is C=CN(C=C)C(=O)C(F)C(F)(F)F. The second-order valence-corrected chi connectivity index (χ2v) is 2.01. The molecule has 1 atom stereocenters. The van der Waals surface area contributed by atoms with Crippen LogP contribution in [0.15, 0.2) is 25.6 Å². The maximum Gasteiger partial charge on any atom is 0.428 e. The monoisotopic (exact) mass is 197 g/mol. The van der Waals surface area contributed by atoms with Gasteiger partial charge in [-0.05, 0) is 0 Å². The molecule has 0 aromatic carbocycles. The van der Waals surface area contributed by atoms with E-state index in [0.717, 1.165) is 12.4 Å². The van der Waals surface area contributed by atoms with E-state index in [1.54, 1.807) is 0 Å². The van der Waals surface area contributed by atoms with Crippen LogP contribution < -0.4 is 0 Å². The molecule has 0 aliphatic heterocycles. The Morgan fingerprint density at radius 3 is 1.92 bits per heavy atom. The first-order chi connectivity index (χ1) is 5.84. The van der Waals surface area contributed by atoms with Gasteiger partial charge in [-0.3, -0.25) is 9.69 Å². The van der Waals surface area contributed by atoms with E-state index in [0.29, 0.717) is 4.90 Å². The van der Waals surface area contributed by atoms with Gasteiger partial charge in [0, 0.05) is 12.4 Å². The van der Waals surface area contributed by atoms with Gasteiger partial charge in [-0.2, -0.15) is 13.2 Å². The zero-order valence-corrected chi connectivity index (χ0v) is 6.51. The van der Waals surface area contributed by atoms with Gasteiger partial charge < -0.3 is 0 Å². The van der Waals surface area contributed by atoms with Crippen LogP contribution in [0.3, 0.4) is 0 Å². The van der Waals surface area contributed by atoms with Crippen molar-refractivity contribution in [1.82, 2.24) is 4.90 Å². The maximum absolute atomic E-state index is 12.3. The lowest BCUT2D eigenvalue weighted by molar-refractivity contribution is -0.190. The van der Waals surface area contributed by atoms with Crippen LogP contribution in [0.1, 0.15) is 0 Å². The van der Waals surface area contributed by atoms with Crippen LogP contribution in [0.4, 0.5) is 17.6 Å². The molecule has 6 heteroatoms. The Morgan fingerprint density at radius 2 is 1.69 bits per heavy atom. The molecule has 0 aromatic rings. The Labute approximate surface area is 72.1 Å². The lowest BCUT2D eigenvalue weighted by atomic mass is 10.3. The lowest BCUT2D eigenvalue weighted by Crippen LogP contribution is -2.39. The predicted octanol–water partition coefficient (Wildman–Crippen LogP) is 2.00. The lowest BCUT2D eigenvalue weighted by Gasteiger charge is -2.17. The van der Waals surface area contributed by atoms with E-state index in [1.807, 2.05) is 0 Å². The molecule has 0 aliphatic carbocycles. The Bertz CT molecular complexity index is 215. The number of hydrogen-bond acceptors (Lipinski definition) is 1. The largest absolute Gasteiger partial charge is 0.428 e. The quantitative estimate of drug-likeness (QED) is 0.633. The highest BCUT2D eigenvalue weighted by Gasteiger charge is 2.46. The molecule has 0 heterocycles. The van der Waals surface area contributed by atoms with E-state index < -0.39 is 18.3 Å². The van der Waals surface area contributed by atoms with Crippen LogP contribution in [0.5, 0.6) is 0 Å². The summed E-state index contributed by atoms with van der Waals surface area (Å²) in [6, 6.07) is 0. The number of carbonyl (C=O) groups excluding carboxylic acids is 1. The summed E-state index contributed by atoms with van der Waals surface area (Å²) in [6.07, 6.45) is -7.24. The Morgan fingerprint density at radius 1 is 1.31 bits per heavy atom. The highest BCUT2D eigenvalue weighted by molar-refractivity contribution is 5.83. The van der Waals surface area contributed by atoms with Crippen LogP contribution in [0, 0.1) is 0 Å². The molecule has 0 spiro atoms. The average Bonchev–Trinajstić information content (AvgIpc) is 2.03. The third-order valence-electron chi connectivity index (χ3n) is 1.15. The summed E-state index contributed by atoms with van der Waals surface area (Å²) in [5, 5.41) is 0. The molecule has 74 valence electrons. The highest BCUT2D eigenvalue weighted by atomic mass is 19.4.